The van der Waals surface area contributed by atoms with Gasteiger partial charge in [0.1, 0.15) is 11.6 Å². The summed E-state index contributed by atoms with van der Waals surface area (Å²) in [4.78, 5) is 17.1. The Balaban J connectivity index is 1.14. The normalized spacial score (nSPS) is 27.1. The second-order valence-electron chi connectivity index (χ2n) is 10.7. The van der Waals surface area contributed by atoms with Gasteiger partial charge in [0, 0.05) is 17.2 Å². The van der Waals surface area contributed by atoms with Crippen LogP contribution in [0.3, 0.4) is 0 Å². The summed E-state index contributed by atoms with van der Waals surface area (Å²) in [5.74, 6) is -1.49. The second-order valence-corrected chi connectivity index (χ2v) is 10.7. The summed E-state index contributed by atoms with van der Waals surface area (Å²) in [5, 5.41) is 17.3. The zero-order valence-electron chi connectivity index (χ0n) is 20.0. The van der Waals surface area contributed by atoms with E-state index in [1.807, 2.05) is 24.7 Å². The molecule has 2 amide bonds. The monoisotopic (exact) mass is 492 g/mol. The van der Waals surface area contributed by atoms with Gasteiger partial charge in [-0.05, 0) is 68.1 Å². The van der Waals surface area contributed by atoms with E-state index in [-0.39, 0.29) is 22.7 Å². The third-order valence-electron chi connectivity index (χ3n) is 8.84. The van der Waals surface area contributed by atoms with Gasteiger partial charge in [-0.3, -0.25) is 0 Å². The molecular formula is C28H30F2N4O2. The zero-order chi connectivity index (χ0) is 24.9. The van der Waals surface area contributed by atoms with Gasteiger partial charge in [0.2, 0.25) is 0 Å². The summed E-state index contributed by atoms with van der Waals surface area (Å²) < 4.78 is 29.4. The lowest BCUT2D eigenvalue weighted by Gasteiger charge is -2.46. The van der Waals surface area contributed by atoms with Crippen molar-refractivity contribution in [2.75, 3.05) is 5.32 Å². The van der Waals surface area contributed by atoms with Crippen LogP contribution < -0.4 is 10.6 Å². The van der Waals surface area contributed by atoms with Crippen molar-refractivity contribution in [1.29, 1.82) is 0 Å². The molecule has 3 N–H and O–H groups in total. The molecule has 0 spiro atoms. The van der Waals surface area contributed by atoms with Gasteiger partial charge in [0.15, 0.2) is 0 Å². The van der Waals surface area contributed by atoms with E-state index in [2.05, 4.69) is 32.3 Å². The van der Waals surface area contributed by atoms with Crippen LogP contribution in [-0.2, 0) is 0 Å². The molecule has 0 saturated heterocycles. The minimum absolute atomic E-state index is 0.0461. The Morgan fingerprint density at radius 3 is 2.72 bits per heavy atom. The van der Waals surface area contributed by atoms with Crippen LogP contribution >= 0.6 is 0 Å². The Morgan fingerprint density at radius 2 is 1.92 bits per heavy atom. The Bertz CT molecular complexity index is 1300. The third kappa shape index (κ3) is 3.88. The van der Waals surface area contributed by atoms with Gasteiger partial charge in [-0.2, -0.15) is 0 Å². The molecule has 2 bridgehead atoms. The first-order chi connectivity index (χ1) is 17.4. The topological polar surface area (TPSA) is 79.2 Å². The van der Waals surface area contributed by atoms with Gasteiger partial charge in [-0.25, -0.2) is 18.6 Å². The SMILES string of the molecule is O=C(Nc1ccc(F)cc1F)NC12CCCC(C(O)CC3c4ccccc4-c4cncn43)(CC1)CC2. The van der Waals surface area contributed by atoms with Crippen molar-refractivity contribution in [1.82, 2.24) is 14.9 Å². The highest BCUT2D eigenvalue weighted by Crippen LogP contribution is 2.54. The average molecular weight is 493 g/mol. The van der Waals surface area contributed by atoms with Crippen molar-refractivity contribution in [2.45, 2.75) is 69.1 Å². The van der Waals surface area contributed by atoms with E-state index in [1.165, 1.54) is 17.2 Å². The highest BCUT2D eigenvalue weighted by Gasteiger charge is 2.50. The van der Waals surface area contributed by atoms with E-state index in [9.17, 15) is 18.7 Å². The van der Waals surface area contributed by atoms with E-state index < -0.39 is 23.8 Å². The first-order valence-corrected chi connectivity index (χ1v) is 12.7. The van der Waals surface area contributed by atoms with E-state index in [0.29, 0.717) is 6.42 Å². The molecule has 3 aliphatic carbocycles. The molecule has 1 aromatic heterocycles. The number of aromatic nitrogens is 2. The molecule has 2 heterocycles. The van der Waals surface area contributed by atoms with Crippen molar-refractivity contribution in [3.8, 4) is 11.3 Å². The first-order valence-electron chi connectivity index (χ1n) is 12.7. The number of carbonyl (C=O) groups excluding carboxylic acids is 1. The number of nitrogens with one attached hydrogen (secondary N) is 2. The van der Waals surface area contributed by atoms with E-state index >= 15 is 0 Å². The zero-order valence-corrected chi connectivity index (χ0v) is 20.0. The number of aliphatic hydroxyl groups is 1. The number of aliphatic hydroxyl groups excluding tert-OH is 1. The van der Waals surface area contributed by atoms with Crippen LogP contribution in [0.15, 0.2) is 55.0 Å². The Hall–Kier alpha value is -3.26. The van der Waals surface area contributed by atoms with Crippen molar-refractivity contribution in [3.63, 3.8) is 0 Å². The van der Waals surface area contributed by atoms with Gasteiger partial charge >= 0.3 is 6.03 Å². The molecule has 0 radical (unpaired) electrons. The number of imidazole rings is 1. The Labute approximate surface area is 208 Å². The molecular weight excluding hydrogens is 462 g/mol. The number of halogens is 2. The molecule has 6 nitrogen and oxygen atoms in total. The number of hydrogen-bond donors (Lipinski definition) is 3. The van der Waals surface area contributed by atoms with Crippen LogP contribution in [0.2, 0.25) is 0 Å². The molecule has 2 unspecified atom stereocenters. The number of nitrogens with zero attached hydrogens (tertiary/aromatic N) is 2. The molecule has 36 heavy (non-hydrogen) atoms. The van der Waals surface area contributed by atoms with Crippen LogP contribution in [-0.4, -0.2) is 32.3 Å². The third-order valence-corrected chi connectivity index (χ3v) is 8.84. The number of benzene rings is 2. The number of rotatable bonds is 5. The molecule has 3 saturated carbocycles. The molecule has 1 aliphatic heterocycles. The maximum Gasteiger partial charge on any atom is 0.319 e. The minimum atomic E-state index is -0.802. The van der Waals surface area contributed by atoms with Crippen LogP contribution in [0.5, 0.6) is 0 Å². The Kier molecular flexibility index (Phi) is 5.59. The highest BCUT2D eigenvalue weighted by atomic mass is 19.1. The van der Waals surface area contributed by atoms with Crippen LogP contribution in [0.25, 0.3) is 11.3 Å². The number of amides is 2. The maximum atomic E-state index is 14.0. The van der Waals surface area contributed by atoms with Gasteiger partial charge in [0.25, 0.3) is 0 Å². The fourth-order valence-electron chi connectivity index (χ4n) is 6.81. The van der Waals surface area contributed by atoms with Crippen molar-refractivity contribution >= 4 is 11.7 Å². The smallest absolute Gasteiger partial charge is 0.319 e. The summed E-state index contributed by atoms with van der Waals surface area (Å²) in [7, 11) is 0. The number of fused-ring (bicyclic) bond motifs is 7. The van der Waals surface area contributed by atoms with Gasteiger partial charge < -0.3 is 20.3 Å². The summed E-state index contributed by atoms with van der Waals surface area (Å²) in [6.45, 7) is 0. The van der Waals surface area contributed by atoms with Crippen molar-refractivity contribution < 1.29 is 18.7 Å². The van der Waals surface area contributed by atoms with Crippen LogP contribution in [0, 0.1) is 17.0 Å². The molecule has 4 aliphatic rings. The lowest BCUT2D eigenvalue weighted by Crippen LogP contribution is -2.53. The summed E-state index contributed by atoms with van der Waals surface area (Å²) in [6.07, 6.45) is 9.72. The standard InChI is InChI=1S/C28H30F2N4O2/c29-18-6-7-22(21(30)14-18)32-26(36)33-28-9-3-8-27(10-12-28,11-13-28)25(35)15-23-19-4-1-2-5-20(19)24-16-31-17-34(23)24/h1-2,4-7,14,16-17,23,25,35H,3,8-13,15H2,(H2,32,33,36). The van der Waals surface area contributed by atoms with E-state index in [0.717, 1.165) is 62.8 Å². The molecule has 2 aromatic carbocycles. The number of anilines is 1. The van der Waals surface area contributed by atoms with E-state index in [4.69, 9.17) is 0 Å². The molecule has 3 fully saturated rings. The lowest BCUT2D eigenvalue weighted by molar-refractivity contribution is -0.0238. The predicted molar refractivity (Wildman–Crippen MR) is 132 cm³/mol. The van der Waals surface area contributed by atoms with Crippen molar-refractivity contribution in [2.24, 2.45) is 5.41 Å². The number of hydrogen-bond acceptors (Lipinski definition) is 3. The number of carbonyl (C=O) groups is 1. The fourth-order valence-corrected chi connectivity index (χ4v) is 6.81. The molecule has 7 rings (SSSR count). The quantitative estimate of drug-likeness (QED) is 0.422. The van der Waals surface area contributed by atoms with Gasteiger partial charge in [-0.15, -0.1) is 0 Å². The van der Waals surface area contributed by atoms with Crippen molar-refractivity contribution in [3.05, 3.63) is 72.2 Å². The fraction of sp³-hybridized carbons (Fsp3) is 0.429. The van der Waals surface area contributed by atoms with Crippen LogP contribution in [0.4, 0.5) is 19.3 Å². The molecule has 188 valence electrons. The lowest BCUT2D eigenvalue weighted by atomic mass is 9.64. The largest absolute Gasteiger partial charge is 0.392 e. The van der Waals surface area contributed by atoms with Gasteiger partial charge in [-0.1, -0.05) is 30.7 Å². The molecule has 2 atom stereocenters. The molecule has 3 aromatic rings. The van der Waals surface area contributed by atoms with E-state index in [1.54, 1.807) is 0 Å². The summed E-state index contributed by atoms with van der Waals surface area (Å²) >= 11 is 0. The maximum absolute atomic E-state index is 14.0. The highest BCUT2D eigenvalue weighted by molar-refractivity contribution is 5.89. The predicted octanol–water partition coefficient (Wildman–Crippen LogP) is 5.79. The van der Waals surface area contributed by atoms with Crippen LogP contribution in [0.1, 0.15) is 63.0 Å². The summed E-state index contributed by atoms with van der Waals surface area (Å²) in [6, 6.07) is 11.0. The second kappa shape index (κ2) is 8.69. The summed E-state index contributed by atoms with van der Waals surface area (Å²) in [5.41, 5.74) is 2.90. The first kappa shape index (κ1) is 23.2. The molecule has 8 heteroatoms. The Morgan fingerprint density at radius 1 is 1.11 bits per heavy atom. The minimum Gasteiger partial charge on any atom is -0.392 e. The number of urea groups is 1. The average Bonchev–Trinajstić information content (AvgIpc) is 3.33. The van der Waals surface area contributed by atoms with Gasteiger partial charge in [0.05, 0.1) is 36.1 Å².